The van der Waals surface area contributed by atoms with Crippen LogP contribution in [-0.2, 0) is 7.05 Å². The van der Waals surface area contributed by atoms with Gasteiger partial charge in [0.2, 0.25) is 5.88 Å². The average Bonchev–Trinajstić information content (AvgIpc) is 2.67. The molecule has 0 bridgehead atoms. The molecule has 2 aliphatic rings. The molecule has 94 valence electrons. The minimum absolute atomic E-state index is 0.681. The topological polar surface area (TPSA) is 30.3 Å². The minimum atomic E-state index is 0.681. The Morgan fingerprint density at radius 1 is 1.35 bits per heavy atom. The summed E-state index contributed by atoms with van der Waals surface area (Å²) in [5, 5.41) is 4.57. The molecule has 1 saturated carbocycles. The van der Waals surface area contributed by atoms with Crippen LogP contribution in [0.15, 0.2) is 6.07 Å². The Kier molecular flexibility index (Phi) is 2.43. The van der Waals surface area contributed by atoms with Crippen molar-refractivity contribution in [3.05, 3.63) is 11.8 Å². The van der Waals surface area contributed by atoms with Gasteiger partial charge in [-0.3, -0.25) is 0 Å². The Morgan fingerprint density at radius 2 is 2.00 bits per heavy atom. The van der Waals surface area contributed by atoms with Gasteiger partial charge < -0.3 is 9.64 Å². The van der Waals surface area contributed by atoms with Crippen LogP contribution in [0.1, 0.15) is 25.5 Å². The quantitative estimate of drug-likeness (QED) is 0.795. The third-order valence-corrected chi connectivity index (χ3v) is 4.36. The van der Waals surface area contributed by atoms with E-state index in [1.165, 1.54) is 18.8 Å². The molecule has 2 unspecified atom stereocenters. The number of nitrogens with zero attached hydrogens (tertiary/aromatic N) is 3. The molecule has 0 N–H and O–H groups in total. The van der Waals surface area contributed by atoms with E-state index in [1.807, 2.05) is 11.7 Å². The number of hydrogen-bond donors (Lipinski definition) is 0. The van der Waals surface area contributed by atoms with Gasteiger partial charge in [-0.25, -0.2) is 4.68 Å². The van der Waals surface area contributed by atoms with E-state index < -0.39 is 0 Å². The Balaban J connectivity index is 1.70. The molecule has 1 saturated heterocycles. The number of methoxy groups -OCH3 is 1. The maximum atomic E-state index is 5.28. The van der Waals surface area contributed by atoms with E-state index in [-0.39, 0.29) is 0 Å². The van der Waals surface area contributed by atoms with Crippen LogP contribution in [0.4, 0.5) is 0 Å². The highest BCUT2D eigenvalue weighted by Gasteiger charge is 2.57. The van der Waals surface area contributed by atoms with Gasteiger partial charge in [-0.05, 0) is 25.7 Å². The molecule has 4 nitrogen and oxygen atoms in total. The van der Waals surface area contributed by atoms with Crippen molar-refractivity contribution in [2.24, 2.45) is 18.9 Å². The summed E-state index contributed by atoms with van der Waals surface area (Å²) in [5.74, 6) is 3.21. The molecule has 1 aromatic rings. The number of aryl methyl sites for hydroxylation is 1. The lowest BCUT2D eigenvalue weighted by Crippen LogP contribution is -2.31. The van der Waals surface area contributed by atoms with Crippen molar-refractivity contribution in [3.8, 4) is 5.88 Å². The van der Waals surface area contributed by atoms with E-state index in [4.69, 9.17) is 4.74 Å². The van der Waals surface area contributed by atoms with Gasteiger partial charge in [-0.15, -0.1) is 0 Å². The fraction of sp³-hybridized carbons (Fsp3) is 0.769. The number of ether oxygens (including phenoxy) is 1. The van der Waals surface area contributed by atoms with Crippen molar-refractivity contribution in [2.45, 2.75) is 25.8 Å². The molecule has 0 amide bonds. The second-order valence-corrected chi connectivity index (χ2v) is 5.64. The first-order valence-corrected chi connectivity index (χ1v) is 6.43. The molecule has 2 fully saturated rings. The standard InChI is InChI=1S/C13H21N3O/c1-8(2)16-6-9-10(7-16)13(9)11-5-12(17-4)15(3)14-11/h5,8-10,13H,6-7H2,1-4H3. The fourth-order valence-corrected chi connectivity index (χ4v) is 3.24. The molecule has 1 aromatic heterocycles. The lowest BCUT2D eigenvalue weighted by Gasteiger charge is -2.23. The molecule has 4 heteroatoms. The van der Waals surface area contributed by atoms with Gasteiger partial charge in [-0.2, -0.15) is 5.10 Å². The van der Waals surface area contributed by atoms with Gasteiger partial charge in [0.15, 0.2) is 0 Å². The van der Waals surface area contributed by atoms with E-state index in [1.54, 1.807) is 7.11 Å². The molecular weight excluding hydrogens is 214 g/mol. The lowest BCUT2D eigenvalue weighted by molar-refractivity contribution is 0.242. The predicted octanol–water partition coefficient (Wildman–Crippen LogP) is 1.48. The molecule has 0 aromatic carbocycles. The van der Waals surface area contributed by atoms with Gasteiger partial charge in [0.05, 0.1) is 12.8 Å². The largest absolute Gasteiger partial charge is 0.481 e. The van der Waals surface area contributed by atoms with E-state index >= 15 is 0 Å². The normalized spacial score (nSPS) is 31.9. The van der Waals surface area contributed by atoms with Crippen LogP contribution < -0.4 is 4.74 Å². The van der Waals surface area contributed by atoms with Crippen molar-refractivity contribution in [2.75, 3.05) is 20.2 Å². The number of likely N-dealkylation sites (tertiary alicyclic amines) is 1. The molecule has 0 radical (unpaired) electrons. The first-order valence-electron chi connectivity index (χ1n) is 6.43. The number of piperidine rings is 1. The Bertz CT molecular complexity index is 414. The maximum absolute atomic E-state index is 5.28. The third kappa shape index (κ3) is 1.66. The highest BCUT2D eigenvalue weighted by Crippen LogP contribution is 2.58. The van der Waals surface area contributed by atoms with Crippen molar-refractivity contribution >= 4 is 0 Å². The zero-order chi connectivity index (χ0) is 12.2. The average molecular weight is 235 g/mol. The Morgan fingerprint density at radius 3 is 2.47 bits per heavy atom. The van der Waals surface area contributed by atoms with E-state index in [2.05, 4.69) is 29.9 Å². The predicted molar refractivity (Wildman–Crippen MR) is 66.2 cm³/mol. The summed E-state index contributed by atoms with van der Waals surface area (Å²) in [7, 11) is 3.65. The highest BCUT2D eigenvalue weighted by molar-refractivity contribution is 5.28. The molecule has 2 atom stereocenters. The van der Waals surface area contributed by atoms with Crippen LogP contribution >= 0.6 is 0 Å². The zero-order valence-corrected chi connectivity index (χ0v) is 11.1. The summed E-state index contributed by atoms with van der Waals surface area (Å²) in [6, 6.07) is 2.78. The van der Waals surface area contributed by atoms with Crippen LogP contribution in [0, 0.1) is 11.8 Å². The molecule has 1 aliphatic carbocycles. The highest BCUT2D eigenvalue weighted by atomic mass is 16.5. The zero-order valence-electron chi connectivity index (χ0n) is 11.1. The van der Waals surface area contributed by atoms with Crippen molar-refractivity contribution in [1.82, 2.24) is 14.7 Å². The number of aromatic nitrogens is 2. The van der Waals surface area contributed by atoms with Gasteiger partial charge in [0.25, 0.3) is 0 Å². The van der Waals surface area contributed by atoms with Crippen LogP contribution in [0.5, 0.6) is 5.88 Å². The van der Waals surface area contributed by atoms with Gasteiger partial charge in [-0.1, -0.05) is 0 Å². The van der Waals surface area contributed by atoms with Crippen molar-refractivity contribution in [3.63, 3.8) is 0 Å². The van der Waals surface area contributed by atoms with E-state index in [0.29, 0.717) is 12.0 Å². The smallest absolute Gasteiger partial charge is 0.211 e. The van der Waals surface area contributed by atoms with Crippen LogP contribution in [0.3, 0.4) is 0 Å². The summed E-state index contributed by atoms with van der Waals surface area (Å²) in [5.41, 5.74) is 1.22. The van der Waals surface area contributed by atoms with Gasteiger partial charge in [0.1, 0.15) is 0 Å². The SMILES string of the molecule is COc1cc(C2C3CN(C(C)C)CC32)nn1C. The molecule has 17 heavy (non-hydrogen) atoms. The van der Waals surface area contributed by atoms with Crippen LogP contribution in [-0.4, -0.2) is 40.9 Å². The van der Waals surface area contributed by atoms with Crippen LogP contribution in [0.25, 0.3) is 0 Å². The number of hydrogen-bond acceptors (Lipinski definition) is 3. The maximum Gasteiger partial charge on any atom is 0.211 e. The third-order valence-electron chi connectivity index (χ3n) is 4.36. The summed E-state index contributed by atoms with van der Waals surface area (Å²) < 4.78 is 7.11. The Labute approximate surface area is 103 Å². The van der Waals surface area contributed by atoms with E-state index in [9.17, 15) is 0 Å². The molecule has 3 rings (SSSR count). The summed E-state index contributed by atoms with van der Waals surface area (Å²) in [4.78, 5) is 2.58. The molecule has 1 aliphatic heterocycles. The lowest BCUT2D eigenvalue weighted by atomic mass is 10.2. The fourth-order valence-electron chi connectivity index (χ4n) is 3.24. The first-order chi connectivity index (χ1) is 8.11. The van der Waals surface area contributed by atoms with Crippen molar-refractivity contribution in [1.29, 1.82) is 0 Å². The molecular formula is C13H21N3O. The summed E-state index contributed by atoms with van der Waals surface area (Å²) in [6.07, 6.45) is 0. The second kappa shape index (κ2) is 3.73. The number of fused-ring (bicyclic) bond motifs is 1. The summed E-state index contributed by atoms with van der Waals surface area (Å²) in [6.45, 7) is 7.05. The molecule has 0 spiro atoms. The monoisotopic (exact) mass is 235 g/mol. The number of rotatable bonds is 3. The second-order valence-electron chi connectivity index (χ2n) is 5.64. The van der Waals surface area contributed by atoms with Crippen LogP contribution in [0.2, 0.25) is 0 Å². The first kappa shape index (κ1) is 11.1. The molecule has 2 heterocycles. The van der Waals surface area contributed by atoms with Gasteiger partial charge >= 0.3 is 0 Å². The van der Waals surface area contributed by atoms with Gasteiger partial charge in [0, 0.05) is 38.2 Å². The Hall–Kier alpha value is -1.03. The summed E-state index contributed by atoms with van der Waals surface area (Å²) >= 11 is 0. The van der Waals surface area contributed by atoms with E-state index in [0.717, 1.165) is 17.7 Å². The minimum Gasteiger partial charge on any atom is -0.481 e. The van der Waals surface area contributed by atoms with Crippen molar-refractivity contribution < 1.29 is 4.74 Å².